The smallest absolute Gasteiger partial charge is 0.133 e. The van der Waals surface area contributed by atoms with Crippen molar-refractivity contribution in [3.63, 3.8) is 0 Å². The molecule has 0 aliphatic carbocycles. The van der Waals surface area contributed by atoms with E-state index in [1.807, 2.05) is 6.92 Å². The second-order valence-corrected chi connectivity index (χ2v) is 5.40. The molecule has 1 aromatic rings. The van der Waals surface area contributed by atoms with Gasteiger partial charge in [-0.05, 0) is 36.3 Å². The van der Waals surface area contributed by atoms with Gasteiger partial charge in [-0.1, -0.05) is 26.8 Å². The standard InChI is InChI=1S/C13H20OS/c1-6-14-11-9-10(13(2,3)4)7-8-12(11)15-5/h7-9H,6H2,1-5H3. The van der Waals surface area contributed by atoms with Crippen molar-refractivity contribution in [1.82, 2.24) is 0 Å². The lowest BCUT2D eigenvalue weighted by atomic mass is 9.87. The fourth-order valence-corrected chi connectivity index (χ4v) is 1.93. The molecule has 15 heavy (non-hydrogen) atoms. The van der Waals surface area contributed by atoms with Gasteiger partial charge in [0.25, 0.3) is 0 Å². The van der Waals surface area contributed by atoms with Crippen LogP contribution in [0.3, 0.4) is 0 Å². The maximum absolute atomic E-state index is 5.64. The van der Waals surface area contributed by atoms with E-state index in [1.165, 1.54) is 10.5 Å². The zero-order chi connectivity index (χ0) is 11.5. The van der Waals surface area contributed by atoms with Crippen LogP contribution in [0.1, 0.15) is 33.3 Å². The predicted octanol–water partition coefficient (Wildman–Crippen LogP) is 4.10. The Kier molecular flexibility index (Phi) is 4.09. The van der Waals surface area contributed by atoms with Crippen LogP contribution in [0, 0.1) is 0 Å². The average Bonchev–Trinajstić information content (AvgIpc) is 2.17. The van der Waals surface area contributed by atoms with E-state index in [-0.39, 0.29) is 5.41 Å². The van der Waals surface area contributed by atoms with Crippen LogP contribution in [0.5, 0.6) is 5.75 Å². The van der Waals surface area contributed by atoms with Crippen molar-refractivity contribution in [3.8, 4) is 5.75 Å². The van der Waals surface area contributed by atoms with Gasteiger partial charge in [-0.3, -0.25) is 0 Å². The summed E-state index contributed by atoms with van der Waals surface area (Å²) in [5.74, 6) is 1.01. The molecule has 0 atom stereocenters. The normalized spacial score (nSPS) is 11.5. The average molecular weight is 224 g/mol. The van der Waals surface area contributed by atoms with Crippen molar-refractivity contribution < 1.29 is 4.74 Å². The van der Waals surface area contributed by atoms with Crippen LogP contribution >= 0.6 is 11.8 Å². The maximum Gasteiger partial charge on any atom is 0.133 e. The molecule has 0 aromatic heterocycles. The van der Waals surface area contributed by atoms with E-state index in [0.29, 0.717) is 0 Å². The van der Waals surface area contributed by atoms with E-state index >= 15 is 0 Å². The Morgan fingerprint density at radius 2 is 1.93 bits per heavy atom. The van der Waals surface area contributed by atoms with Crippen LogP contribution in [0.4, 0.5) is 0 Å². The molecule has 1 rings (SSSR count). The third-order valence-corrected chi connectivity index (χ3v) is 3.11. The number of ether oxygens (including phenoxy) is 1. The van der Waals surface area contributed by atoms with Crippen LogP contribution in [0.2, 0.25) is 0 Å². The summed E-state index contributed by atoms with van der Waals surface area (Å²) in [5, 5.41) is 0. The minimum absolute atomic E-state index is 0.183. The SMILES string of the molecule is CCOc1cc(C(C)(C)C)ccc1SC. The first kappa shape index (κ1) is 12.4. The zero-order valence-corrected chi connectivity index (χ0v) is 11.1. The summed E-state index contributed by atoms with van der Waals surface area (Å²) in [6.07, 6.45) is 2.08. The lowest BCUT2D eigenvalue weighted by Crippen LogP contribution is -2.11. The highest BCUT2D eigenvalue weighted by atomic mass is 32.2. The first-order valence-electron chi connectivity index (χ1n) is 5.30. The Balaban J connectivity index is 3.10. The molecule has 0 N–H and O–H groups in total. The van der Waals surface area contributed by atoms with Gasteiger partial charge in [-0.15, -0.1) is 11.8 Å². The highest BCUT2D eigenvalue weighted by Crippen LogP contribution is 2.33. The van der Waals surface area contributed by atoms with Crippen molar-refractivity contribution >= 4 is 11.8 Å². The molecule has 0 radical (unpaired) electrons. The minimum Gasteiger partial charge on any atom is -0.493 e. The molecule has 0 amide bonds. The number of rotatable bonds is 3. The largest absolute Gasteiger partial charge is 0.493 e. The van der Waals surface area contributed by atoms with Crippen molar-refractivity contribution in [2.75, 3.05) is 12.9 Å². The van der Waals surface area contributed by atoms with Gasteiger partial charge < -0.3 is 4.74 Å². The van der Waals surface area contributed by atoms with Crippen LogP contribution in [-0.2, 0) is 5.41 Å². The number of hydrogen-bond donors (Lipinski definition) is 0. The van der Waals surface area contributed by atoms with Gasteiger partial charge in [0.05, 0.1) is 6.61 Å². The molecule has 2 heteroatoms. The maximum atomic E-state index is 5.64. The van der Waals surface area contributed by atoms with Gasteiger partial charge in [0.15, 0.2) is 0 Å². The fourth-order valence-electron chi connectivity index (χ4n) is 1.41. The molecular formula is C13H20OS. The summed E-state index contributed by atoms with van der Waals surface area (Å²) in [5.41, 5.74) is 1.51. The second-order valence-electron chi connectivity index (χ2n) is 4.55. The summed E-state index contributed by atoms with van der Waals surface area (Å²) in [6.45, 7) is 9.40. The predicted molar refractivity (Wildman–Crippen MR) is 68.1 cm³/mol. The number of hydrogen-bond acceptors (Lipinski definition) is 2. The zero-order valence-electron chi connectivity index (χ0n) is 10.3. The van der Waals surface area contributed by atoms with Gasteiger partial charge in [-0.2, -0.15) is 0 Å². The van der Waals surface area contributed by atoms with Gasteiger partial charge in [-0.25, -0.2) is 0 Å². The molecule has 0 saturated carbocycles. The summed E-state index contributed by atoms with van der Waals surface area (Å²) in [4.78, 5) is 1.21. The van der Waals surface area contributed by atoms with Gasteiger partial charge in [0.1, 0.15) is 5.75 Å². The lowest BCUT2D eigenvalue weighted by Gasteiger charge is -2.20. The molecule has 1 aromatic carbocycles. The highest BCUT2D eigenvalue weighted by molar-refractivity contribution is 7.98. The second kappa shape index (κ2) is 4.93. The van der Waals surface area contributed by atoms with Gasteiger partial charge >= 0.3 is 0 Å². The third kappa shape index (κ3) is 3.16. The Labute approximate surface area is 97.2 Å². The quantitative estimate of drug-likeness (QED) is 0.715. The molecule has 0 aliphatic heterocycles. The summed E-state index contributed by atoms with van der Waals surface area (Å²) in [7, 11) is 0. The van der Waals surface area contributed by atoms with Crippen molar-refractivity contribution in [2.24, 2.45) is 0 Å². The topological polar surface area (TPSA) is 9.23 Å². The molecule has 1 nitrogen and oxygen atoms in total. The molecule has 0 aliphatic rings. The highest BCUT2D eigenvalue weighted by Gasteiger charge is 2.15. The fraction of sp³-hybridized carbons (Fsp3) is 0.538. The van der Waals surface area contributed by atoms with Crippen LogP contribution in [-0.4, -0.2) is 12.9 Å². The first-order chi connectivity index (χ1) is 6.99. The first-order valence-corrected chi connectivity index (χ1v) is 6.53. The Hall–Kier alpha value is -0.630. The Morgan fingerprint density at radius 3 is 2.40 bits per heavy atom. The van der Waals surface area contributed by atoms with Crippen molar-refractivity contribution in [1.29, 1.82) is 0 Å². The van der Waals surface area contributed by atoms with Crippen molar-refractivity contribution in [2.45, 2.75) is 38.0 Å². The van der Waals surface area contributed by atoms with Crippen molar-refractivity contribution in [3.05, 3.63) is 23.8 Å². The molecular weight excluding hydrogens is 204 g/mol. The minimum atomic E-state index is 0.183. The monoisotopic (exact) mass is 224 g/mol. The van der Waals surface area contributed by atoms with Crippen LogP contribution < -0.4 is 4.74 Å². The summed E-state index contributed by atoms with van der Waals surface area (Å²) >= 11 is 1.73. The molecule has 0 saturated heterocycles. The number of thioether (sulfide) groups is 1. The van der Waals surface area contributed by atoms with E-state index in [2.05, 4.69) is 45.2 Å². The Morgan fingerprint density at radius 1 is 1.27 bits per heavy atom. The van der Waals surface area contributed by atoms with E-state index in [9.17, 15) is 0 Å². The molecule has 0 fully saturated rings. The molecule has 0 heterocycles. The Bertz CT molecular complexity index is 326. The number of benzene rings is 1. The molecule has 0 spiro atoms. The van der Waals surface area contributed by atoms with E-state index < -0.39 is 0 Å². The van der Waals surface area contributed by atoms with Crippen LogP contribution in [0.25, 0.3) is 0 Å². The van der Waals surface area contributed by atoms with E-state index in [4.69, 9.17) is 4.74 Å². The summed E-state index contributed by atoms with van der Waals surface area (Å²) in [6, 6.07) is 6.50. The van der Waals surface area contributed by atoms with Crippen LogP contribution in [0.15, 0.2) is 23.1 Å². The third-order valence-electron chi connectivity index (χ3n) is 2.33. The molecule has 84 valence electrons. The van der Waals surface area contributed by atoms with Gasteiger partial charge in [0.2, 0.25) is 0 Å². The van der Waals surface area contributed by atoms with E-state index in [0.717, 1.165) is 12.4 Å². The van der Waals surface area contributed by atoms with Gasteiger partial charge in [0, 0.05) is 4.90 Å². The molecule has 0 unspecified atom stereocenters. The van der Waals surface area contributed by atoms with E-state index in [1.54, 1.807) is 11.8 Å². The lowest BCUT2D eigenvalue weighted by molar-refractivity contribution is 0.331. The summed E-state index contributed by atoms with van der Waals surface area (Å²) < 4.78 is 5.64. The molecule has 0 bridgehead atoms.